The summed E-state index contributed by atoms with van der Waals surface area (Å²) in [6, 6.07) is 4.22. The molecule has 0 unspecified atom stereocenters. The number of nitriles is 1. The van der Waals surface area contributed by atoms with E-state index in [1.54, 1.807) is 17.5 Å². The molecule has 1 aliphatic rings. The molecule has 3 aromatic heterocycles. The summed E-state index contributed by atoms with van der Waals surface area (Å²) in [7, 11) is 0. The maximum atomic E-state index is 9.07. The number of nitrogens with zero attached hydrogens (tertiary/aromatic N) is 5. The van der Waals surface area contributed by atoms with Crippen LogP contribution in [0.25, 0.3) is 21.5 Å². The van der Waals surface area contributed by atoms with E-state index in [-0.39, 0.29) is 10.8 Å². The molecule has 1 saturated carbocycles. The molecule has 1 fully saturated rings. The SMILES string of the molecule is N#CCC1(n2cc(-c3nc(Cl)nc4ccsc34)cn2)CCC1. The van der Waals surface area contributed by atoms with Crippen molar-refractivity contribution in [1.82, 2.24) is 19.7 Å². The number of rotatable bonds is 3. The van der Waals surface area contributed by atoms with Crippen LogP contribution in [0.15, 0.2) is 23.8 Å². The summed E-state index contributed by atoms with van der Waals surface area (Å²) in [5.74, 6) is 0. The first-order chi connectivity index (χ1) is 10.7. The molecular weight excluding hydrogens is 318 g/mol. The third kappa shape index (κ3) is 2.01. The van der Waals surface area contributed by atoms with E-state index in [4.69, 9.17) is 16.9 Å². The molecule has 110 valence electrons. The lowest BCUT2D eigenvalue weighted by molar-refractivity contribution is 0.130. The first-order valence-electron chi connectivity index (χ1n) is 7.05. The van der Waals surface area contributed by atoms with E-state index in [1.165, 1.54) is 0 Å². The molecule has 0 aliphatic heterocycles. The van der Waals surface area contributed by atoms with E-state index < -0.39 is 0 Å². The van der Waals surface area contributed by atoms with Crippen LogP contribution in [0, 0.1) is 11.3 Å². The highest BCUT2D eigenvalue weighted by atomic mass is 35.5. The fourth-order valence-electron chi connectivity index (χ4n) is 2.95. The molecule has 0 spiro atoms. The van der Waals surface area contributed by atoms with E-state index >= 15 is 0 Å². The van der Waals surface area contributed by atoms with Crippen molar-refractivity contribution >= 4 is 33.2 Å². The Morgan fingerprint density at radius 3 is 3.00 bits per heavy atom. The molecule has 7 heteroatoms. The minimum Gasteiger partial charge on any atom is -0.265 e. The molecule has 5 nitrogen and oxygen atoms in total. The fourth-order valence-corrected chi connectivity index (χ4v) is 3.97. The Bertz CT molecular complexity index is 887. The van der Waals surface area contributed by atoms with Gasteiger partial charge in [0.15, 0.2) is 0 Å². The second-order valence-corrected chi connectivity index (χ2v) is 6.82. The second-order valence-electron chi connectivity index (χ2n) is 5.56. The summed E-state index contributed by atoms with van der Waals surface area (Å²) in [5.41, 5.74) is 2.44. The van der Waals surface area contributed by atoms with E-state index in [0.717, 1.165) is 40.7 Å². The van der Waals surface area contributed by atoms with Crippen molar-refractivity contribution < 1.29 is 0 Å². The zero-order valence-corrected chi connectivity index (χ0v) is 13.2. The Hall–Kier alpha value is -1.97. The van der Waals surface area contributed by atoms with Crippen molar-refractivity contribution in [3.63, 3.8) is 0 Å². The predicted molar refractivity (Wildman–Crippen MR) is 85.7 cm³/mol. The smallest absolute Gasteiger partial charge is 0.223 e. The van der Waals surface area contributed by atoms with Gasteiger partial charge in [-0.1, -0.05) is 0 Å². The molecule has 0 saturated heterocycles. The lowest BCUT2D eigenvalue weighted by Crippen LogP contribution is -2.40. The van der Waals surface area contributed by atoms with Gasteiger partial charge in [-0.25, -0.2) is 9.97 Å². The highest BCUT2D eigenvalue weighted by Gasteiger charge is 2.39. The third-order valence-electron chi connectivity index (χ3n) is 4.31. The van der Waals surface area contributed by atoms with Crippen LogP contribution in [0.4, 0.5) is 0 Å². The number of halogens is 1. The van der Waals surface area contributed by atoms with Crippen molar-refractivity contribution in [3.8, 4) is 17.3 Å². The van der Waals surface area contributed by atoms with Crippen LogP contribution in [0.2, 0.25) is 5.28 Å². The average molecular weight is 330 g/mol. The van der Waals surface area contributed by atoms with Crippen molar-refractivity contribution in [2.45, 2.75) is 31.2 Å². The van der Waals surface area contributed by atoms with Gasteiger partial charge in [0.2, 0.25) is 5.28 Å². The summed E-state index contributed by atoms with van der Waals surface area (Å²) in [6.45, 7) is 0. The molecule has 4 rings (SSSR count). The number of hydrogen-bond acceptors (Lipinski definition) is 5. The predicted octanol–water partition coefficient (Wildman–Crippen LogP) is 4.00. The molecule has 0 radical (unpaired) electrons. The quantitative estimate of drug-likeness (QED) is 0.681. The fraction of sp³-hybridized carbons (Fsp3) is 0.333. The Kier molecular flexibility index (Phi) is 3.13. The van der Waals surface area contributed by atoms with Crippen molar-refractivity contribution in [2.75, 3.05) is 0 Å². The highest BCUT2D eigenvalue weighted by Crippen LogP contribution is 2.42. The van der Waals surface area contributed by atoms with Gasteiger partial charge in [0.05, 0.1) is 40.1 Å². The summed E-state index contributed by atoms with van der Waals surface area (Å²) in [6.07, 6.45) is 7.42. The lowest BCUT2D eigenvalue weighted by atomic mass is 9.75. The maximum Gasteiger partial charge on any atom is 0.223 e. The molecule has 0 aromatic carbocycles. The second kappa shape index (κ2) is 5.04. The minimum absolute atomic E-state index is 0.140. The topological polar surface area (TPSA) is 67.4 Å². The van der Waals surface area contributed by atoms with E-state index in [2.05, 4.69) is 21.1 Å². The normalized spacial score (nSPS) is 16.4. The third-order valence-corrected chi connectivity index (χ3v) is 5.39. The van der Waals surface area contributed by atoms with Gasteiger partial charge in [-0.15, -0.1) is 11.3 Å². The van der Waals surface area contributed by atoms with Gasteiger partial charge in [0.25, 0.3) is 0 Å². The monoisotopic (exact) mass is 329 g/mol. The molecular formula is C15H12ClN5S. The molecule has 22 heavy (non-hydrogen) atoms. The van der Waals surface area contributed by atoms with Gasteiger partial charge >= 0.3 is 0 Å². The standard InChI is InChI=1S/C15H12ClN5S/c16-14-19-11-2-7-22-13(11)12(20-14)10-8-18-21(9-10)15(5-6-17)3-1-4-15/h2,7-9H,1,3-5H2. The summed E-state index contributed by atoms with van der Waals surface area (Å²) in [4.78, 5) is 8.60. The van der Waals surface area contributed by atoms with Gasteiger partial charge in [0, 0.05) is 11.8 Å². The Labute approximate surface area is 136 Å². The van der Waals surface area contributed by atoms with Gasteiger partial charge < -0.3 is 0 Å². The highest BCUT2D eigenvalue weighted by molar-refractivity contribution is 7.17. The van der Waals surface area contributed by atoms with E-state index in [1.807, 2.05) is 22.3 Å². The Morgan fingerprint density at radius 2 is 2.27 bits per heavy atom. The molecule has 0 amide bonds. The number of fused-ring (bicyclic) bond motifs is 1. The molecule has 3 heterocycles. The van der Waals surface area contributed by atoms with Crippen LogP contribution in [-0.2, 0) is 5.54 Å². The number of aromatic nitrogens is 4. The largest absolute Gasteiger partial charge is 0.265 e. The molecule has 0 atom stereocenters. The van der Waals surface area contributed by atoms with Crippen molar-refractivity contribution in [2.24, 2.45) is 0 Å². The van der Waals surface area contributed by atoms with Gasteiger partial charge in [0.1, 0.15) is 0 Å². The van der Waals surface area contributed by atoms with Crippen molar-refractivity contribution in [3.05, 3.63) is 29.1 Å². The van der Waals surface area contributed by atoms with Crippen LogP contribution >= 0.6 is 22.9 Å². The first kappa shape index (κ1) is 13.7. The number of thiophene rings is 1. The van der Waals surface area contributed by atoms with Crippen LogP contribution in [0.3, 0.4) is 0 Å². The van der Waals surface area contributed by atoms with E-state index in [9.17, 15) is 0 Å². The zero-order valence-electron chi connectivity index (χ0n) is 11.7. The zero-order chi connectivity index (χ0) is 15.2. The van der Waals surface area contributed by atoms with Crippen LogP contribution in [0.5, 0.6) is 0 Å². The summed E-state index contributed by atoms with van der Waals surface area (Å²) >= 11 is 7.62. The lowest BCUT2D eigenvalue weighted by Gasteiger charge is -2.40. The van der Waals surface area contributed by atoms with Crippen LogP contribution in [0.1, 0.15) is 25.7 Å². The van der Waals surface area contributed by atoms with Crippen molar-refractivity contribution in [1.29, 1.82) is 5.26 Å². The summed E-state index contributed by atoms with van der Waals surface area (Å²) < 4.78 is 2.94. The molecule has 1 aliphatic carbocycles. The molecule has 3 aromatic rings. The van der Waals surface area contributed by atoms with Gasteiger partial charge in [-0.05, 0) is 42.3 Å². The van der Waals surface area contributed by atoms with Crippen LogP contribution < -0.4 is 0 Å². The maximum absolute atomic E-state index is 9.07. The molecule has 0 N–H and O–H groups in total. The molecule has 0 bridgehead atoms. The number of hydrogen-bond donors (Lipinski definition) is 0. The minimum atomic E-state index is -0.140. The Balaban J connectivity index is 1.81. The summed E-state index contributed by atoms with van der Waals surface area (Å²) in [5, 5.41) is 15.8. The van der Waals surface area contributed by atoms with Crippen LogP contribution in [-0.4, -0.2) is 19.7 Å². The van der Waals surface area contributed by atoms with E-state index in [0.29, 0.717) is 6.42 Å². The van der Waals surface area contributed by atoms with Gasteiger partial charge in [-0.3, -0.25) is 4.68 Å². The van der Waals surface area contributed by atoms with Gasteiger partial charge in [-0.2, -0.15) is 10.4 Å². The Morgan fingerprint density at radius 1 is 1.41 bits per heavy atom. The first-order valence-corrected chi connectivity index (χ1v) is 8.31. The average Bonchev–Trinajstić information content (AvgIpc) is 3.10.